The molecule has 1 aliphatic rings. The van der Waals surface area contributed by atoms with E-state index in [0.29, 0.717) is 0 Å². The van der Waals surface area contributed by atoms with E-state index in [4.69, 9.17) is 11.6 Å². The van der Waals surface area contributed by atoms with Crippen molar-refractivity contribution in [2.24, 2.45) is 5.92 Å². The molecule has 0 N–H and O–H groups in total. The Balaban J connectivity index is 0.00000121. The van der Waals surface area contributed by atoms with Crippen LogP contribution < -0.4 is 0 Å². The lowest BCUT2D eigenvalue weighted by molar-refractivity contribution is 0.201. The van der Waals surface area contributed by atoms with E-state index in [9.17, 15) is 0 Å². The maximum absolute atomic E-state index is 5.79. The van der Waals surface area contributed by atoms with E-state index in [-0.39, 0.29) is 12.4 Å². The Morgan fingerprint density at radius 1 is 1.17 bits per heavy atom. The number of hydrogen-bond donors (Lipinski definition) is 0. The van der Waals surface area contributed by atoms with Gasteiger partial charge in [-0.1, -0.05) is 0 Å². The lowest BCUT2D eigenvalue weighted by Gasteiger charge is -2.31. The van der Waals surface area contributed by atoms with Crippen LogP contribution in [-0.4, -0.2) is 30.9 Å². The van der Waals surface area contributed by atoms with Gasteiger partial charge in [0.2, 0.25) is 0 Å². The monoisotopic (exact) mass is 211 g/mol. The van der Waals surface area contributed by atoms with Crippen LogP contribution in [0.4, 0.5) is 0 Å². The first kappa shape index (κ1) is 12.5. The molecule has 0 heterocycles. The Morgan fingerprint density at radius 3 is 2.00 bits per heavy atom. The Bertz CT molecular complexity index is 109. The molecule has 0 unspecified atom stereocenters. The van der Waals surface area contributed by atoms with Gasteiger partial charge in [0.25, 0.3) is 0 Å². The van der Waals surface area contributed by atoms with Crippen LogP contribution in [0.25, 0.3) is 0 Å². The fraction of sp³-hybridized carbons (Fsp3) is 1.00. The van der Waals surface area contributed by atoms with Crippen LogP contribution in [0.2, 0.25) is 0 Å². The average Bonchev–Trinajstić information content (AvgIpc) is 2.05. The first-order valence-electron chi connectivity index (χ1n) is 4.46. The minimum absolute atomic E-state index is 0. The van der Waals surface area contributed by atoms with Crippen molar-refractivity contribution < 1.29 is 0 Å². The summed E-state index contributed by atoms with van der Waals surface area (Å²) in [5.41, 5.74) is 0. The highest BCUT2D eigenvalue weighted by Crippen LogP contribution is 2.26. The maximum Gasteiger partial charge on any atom is 0.0251 e. The first-order chi connectivity index (χ1) is 5.24. The molecule has 0 radical (unpaired) electrons. The van der Waals surface area contributed by atoms with Crippen molar-refractivity contribution in [3.63, 3.8) is 0 Å². The molecule has 1 saturated carbocycles. The van der Waals surface area contributed by atoms with Crippen molar-refractivity contribution in [1.29, 1.82) is 0 Å². The molecule has 0 aliphatic heterocycles. The van der Waals surface area contributed by atoms with E-state index in [1.807, 2.05) is 0 Å². The fourth-order valence-electron chi connectivity index (χ4n) is 1.82. The fourth-order valence-corrected chi connectivity index (χ4v) is 2.12. The second kappa shape index (κ2) is 6.06. The van der Waals surface area contributed by atoms with Gasteiger partial charge in [-0.3, -0.25) is 0 Å². The van der Waals surface area contributed by atoms with Crippen molar-refractivity contribution in [3.8, 4) is 0 Å². The van der Waals surface area contributed by atoms with E-state index in [1.54, 1.807) is 0 Å². The van der Waals surface area contributed by atoms with Gasteiger partial charge in [-0.05, 0) is 45.7 Å². The molecule has 0 saturated heterocycles. The molecule has 0 bridgehead atoms. The van der Waals surface area contributed by atoms with E-state index >= 15 is 0 Å². The molecular weight excluding hydrogens is 193 g/mol. The van der Waals surface area contributed by atoms with Gasteiger partial charge in [0.05, 0.1) is 0 Å². The third-order valence-electron chi connectivity index (χ3n) is 2.76. The number of hydrogen-bond acceptors (Lipinski definition) is 1. The molecule has 1 fully saturated rings. The molecule has 1 nitrogen and oxygen atoms in total. The van der Waals surface area contributed by atoms with E-state index in [1.165, 1.54) is 25.7 Å². The number of nitrogens with zero attached hydrogens (tertiary/aromatic N) is 1. The zero-order valence-electron chi connectivity index (χ0n) is 7.92. The molecule has 0 amide bonds. The second-order valence-electron chi connectivity index (χ2n) is 3.79. The van der Waals surface area contributed by atoms with Gasteiger partial charge < -0.3 is 4.90 Å². The van der Waals surface area contributed by atoms with Crippen molar-refractivity contribution in [2.45, 2.75) is 31.7 Å². The minimum atomic E-state index is 0. The predicted molar refractivity (Wildman–Crippen MR) is 57.4 cm³/mol. The minimum Gasteiger partial charge on any atom is -0.306 e. The molecule has 0 spiro atoms. The summed E-state index contributed by atoms with van der Waals surface area (Å²) in [6, 6.07) is 0.814. The zero-order valence-corrected chi connectivity index (χ0v) is 9.50. The Morgan fingerprint density at radius 2 is 1.67 bits per heavy atom. The van der Waals surface area contributed by atoms with Gasteiger partial charge in [0.15, 0.2) is 0 Å². The van der Waals surface area contributed by atoms with E-state index < -0.39 is 0 Å². The molecule has 0 atom stereocenters. The number of alkyl halides is 1. The third-order valence-corrected chi connectivity index (χ3v) is 3.20. The lowest BCUT2D eigenvalue weighted by atomic mass is 9.87. The van der Waals surface area contributed by atoms with Crippen molar-refractivity contribution in [1.82, 2.24) is 4.90 Å². The van der Waals surface area contributed by atoms with Gasteiger partial charge in [0.1, 0.15) is 0 Å². The molecule has 12 heavy (non-hydrogen) atoms. The maximum atomic E-state index is 5.79. The average molecular weight is 212 g/mol. The van der Waals surface area contributed by atoms with Crippen LogP contribution in [-0.2, 0) is 0 Å². The molecule has 3 heteroatoms. The summed E-state index contributed by atoms with van der Waals surface area (Å²) in [5, 5.41) is 0. The van der Waals surface area contributed by atoms with Gasteiger partial charge in [-0.25, -0.2) is 0 Å². The molecule has 1 aliphatic carbocycles. The predicted octanol–water partition coefficient (Wildman–Crippen LogP) is 2.77. The van der Waals surface area contributed by atoms with E-state index in [2.05, 4.69) is 19.0 Å². The summed E-state index contributed by atoms with van der Waals surface area (Å²) in [4.78, 5) is 2.34. The van der Waals surface area contributed by atoms with Gasteiger partial charge in [-0.2, -0.15) is 0 Å². The van der Waals surface area contributed by atoms with Crippen molar-refractivity contribution in [2.75, 3.05) is 20.0 Å². The normalized spacial score (nSPS) is 30.0. The van der Waals surface area contributed by atoms with Gasteiger partial charge in [0, 0.05) is 11.9 Å². The highest BCUT2D eigenvalue weighted by atomic mass is 35.5. The molecule has 74 valence electrons. The summed E-state index contributed by atoms with van der Waals surface area (Å²) in [5.74, 6) is 1.66. The summed E-state index contributed by atoms with van der Waals surface area (Å²) in [6.07, 6.45) is 5.33. The zero-order chi connectivity index (χ0) is 8.27. The van der Waals surface area contributed by atoms with Crippen LogP contribution in [0.15, 0.2) is 0 Å². The standard InChI is InChI=1S/C9H18ClN.ClH/c1-11(2)9-5-3-8(7-10)4-6-9;/h8-9H,3-7H2,1-2H3;1H/t8-,9+;. The molecule has 1 rings (SSSR count). The number of rotatable bonds is 2. The van der Waals surface area contributed by atoms with Crippen LogP contribution in [0.3, 0.4) is 0 Å². The summed E-state index contributed by atoms with van der Waals surface area (Å²) >= 11 is 5.79. The van der Waals surface area contributed by atoms with Crippen molar-refractivity contribution in [3.05, 3.63) is 0 Å². The SMILES string of the molecule is CN(C)[C@H]1CC[C@@H](CCl)CC1.Cl. The van der Waals surface area contributed by atoms with Crippen LogP contribution in [0, 0.1) is 5.92 Å². The molecule has 0 aromatic carbocycles. The molecule has 0 aromatic heterocycles. The van der Waals surface area contributed by atoms with Crippen LogP contribution in [0.5, 0.6) is 0 Å². The quantitative estimate of drug-likeness (QED) is 0.636. The lowest BCUT2D eigenvalue weighted by Crippen LogP contribution is -2.32. The van der Waals surface area contributed by atoms with Gasteiger partial charge >= 0.3 is 0 Å². The van der Waals surface area contributed by atoms with Crippen molar-refractivity contribution >= 4 is 24.0 Å². The Labute approximate surface area is 86.9 Å². The Hall–Kier alpha value is 0.540. The summed E-state index contributed by atoms with van der Waals surface area (Å²) < 4.78 is 0. The Kier molecular flexibility index (Phi) is 6.34. The smallest absolute Gasteiger partial charge is 0.0251 e. The largest absolute Gasteiger partial charge is 0.306 e. The molecular formula is C9H19Cl2N. The number of halogens is 2. The third kappa shape index (κ3) is 3.51. The van der Waals surface area contributed by atoms with Crippen LogP contribution in [0.1, 0.15) is 25.7 Å². The molecule has 0 aromatic rings. The highest BCUT2D eigenvalue weighted by Gasteiger charge is 2.21. The first-order valence-corrected chi connectivity index (χ1v) is 5.00. The van der Waals surface area contributed by atoms with E-state index in [0.717, 1.165) is 17.8 Å². The van der Waals surface area contributed by atoms with Gasteiger partial charge in [-0.15, -0.1) is 24.0 Å². The summed E-state index contributed by atoms with van der Waals surface area (Å²) in [7, 11) is 4.34. The summed E-state index contributed by atoms with van der Waals surface area (Å²) in [6.45, 7) is 0. The van der Waals surface area contributed by atoms with Crippen LogP contribution >= 0.6 is 24.0 Å². The topological polar surface area (TPSA) is 3.24 Å². The highest BCUT2D eigenvalue weighted by molar-refractivity contribution is 6.18. The second-order valence-corrected chi connectivity index (χ2v) is 4.10.